The van der Waals surface area contributed by atoms with Crippen molar-refractivity contribution in [3.05, 3.63) is 23.3 Å². The second-order valence-corrected chi connectivity index (χ2v) is 2.32. The predicted molar refractivity (Wildman–Crippen MR) is 38.5 cm³/mol. The molecule has 1 aliphatic rings. The van der Waals surface area contributed by atoms with Gasteiger partial charge in [-0.1, -0.05) is 12.2 Å². The summed E-state index contributed by atoms with van der Waals surface area (Å²) in [6.45, 7) is 0.0746. The molecule has 2 nitrogen and oxygen atoms in total. The molecule has 2 heteroatoms. The maximum Gasteiger partial charge on any atom is 0.149 e. The van der Waals surface area contributed by atoms with E-state index in [0.717, 1.165) is 24.7 Å². The van der Waals surface area contributed by atoms with Gasteiger partial charge >= 0.3 is 0 Å². The number of allylic oxidation sites excluding steroid dienone is 3. The summed E-state index contributed by atoms with van der Waals surface area (Å²) in [4.78, 5) is 10.2. The van der Waals surface area contributed by atoms with Crippen LogP contribution < -0.4 is 0 Å². The van der Waals surface area contributed by atoms with Gasteiger partial charge in [0.15, 0.2) is 0 Å². The topological polar surface area (TPSA) is 37.3 Å². The average Bonchev–Trinajstić information content (AvgIpc) is 2.05. The van der Waals surface area contributed by atoms with Gasteiger partial charge in [0.25, 0.3) is 0 Å². The molecule has 1 aliphatic carbocycles. The molecular weight excluding hydrogens is 128 g/mol. The van der Waals surface area contributed by atoms with Crippen molar-refractivity contribution in [1.29, 1.82) is 0 Å². The first kappa shape index (κ1) is 7.22. The summed E-state index contributed by atoms with van der Waals surface area (Å²) in [5.74, 6) is 0. The summed E-state index contributed by atoms with van der Waals surface area (Å²) in [7, 11) is 0. The van der Waals surface area contributed by atoms with E-state index in [9.17, 15) is 4.79 Å². The first-order chi connectivity index (χ1) is 4.86. The minimum atomic E-state index is 0.0746. The molecule has 0 fully saturated rings. The van der Waals surface area contributed by atoms with Gasteiger partial charge in [-0.3, -0.25) is 4.79 Å². The van der Waals surface area contributed by atoms with E-state index in [1.54, 1.807) is 6.08 Å². The summed E-state index contributed by atoms with van der Waals surface area (Å²) in [6, 6.07) is 0. The number of aldehydes is 1. The fourth-order valence-electron chi connectivity index (χ4n) is 0.998. The Morgan fingerprint density at radius 3 is 3.10 bits per heavy atom. The standard InChI is InChI=1S/C8H10O2/c9-5-7-2-1-3-8(4-7)6-10/h2,4-5,10H,1,3,6H2. The number of aliphatic hydroxyl groups is 1. The number of carbonyl (C=O) groups is 1. The van der Waals surface area contributed by atoms with Gasteiger partial charge in [-0.2, -0.15) is 0 Å². The van der Waals surface area contributed by atoms with Crippen LogP contribution >= 0.6 is 0 Å². The van der Waals surface area contributed by atoms with Crippen molar-refractivity contribution in [2.45, 2.75) is 12.8 Å². The van der Waals surface area contributed by atoms with Crippen LogP contribution in [0.15, 0.2) is 23.3 Å². The van der Waals surface area contributed by atoms with E-state index in [-0.39, 0.29) is 6.61 Å². The summed E-state index contributed by atoms with van der Waals surface area (Å²) in [5.41, 5.74) is 1.64. The van der Waals surface area contributed by atoms with Gasteiger partial charge in [-0.25, -0.2) is 0 Å². The Bertz CT molecular complexity index is 189. The number of hydrogen-bond donors (Lipinski definition) is 1. The Balaban J connectivity index is 2.70. The van der Waals surface area contributed by atoms with Crippen molar-refractivity contribution in [2.24, 2.45) is 0 Å². The zero-order valence-electron chi connectivity index (χ0n) is 5.71. The van der Waals surface area contributed by atoms with Crippen molar-refractivity contribution < 1.29 is 9.90 Å². The molecule has 0 spiro atoms. The molecule has 0 bridgehead atoms. The lowest BCUT2D eigenvalue weighted by Crippen LogP contribution is -1.96. The van der Waals surface area contributed by atoms with Gasteiger partial charge in [0, 0.05) is 5.57 Å². The van der Waals surface area contributed by atoms with Crippen LogP contribution in [0, 0.1) is 0 Å². The molecule has 0 aromatic heterocycles. The third kappa shape index (κ3) is 1.54. The van der Waals surface area contributed by atoms with Crippen LogP contribution in [-0.4, -0.2) is 18.0 Å². The average molecular weight is 138 g/mol. The van der Waals surface area contributed by atoms with Gasteiger partial charge in [0.1, 0.15) is 6.29 Å². The second kappa shape index (κ2) is 3.32. The molecule has 0 unspecified atom stereocenters. The Labute approximate surface area is 59.9 Å². The lowest BCUT2D eigenvalue weighted by molar-refractivity contribution is -0.104. The molecule has 10 heavy (non-hydrogen) atoms. The minimum absolute atomic E-state index is 0.0746. The highest BCUT2D eigenvalue weighted by Crippen LogP contribution is 2.14. The van der Waals surface area contributed by atoms with Crippen LogP contribution in [0.1, 0.15) is 12.8 Å². The largest absolute Gasteiger partial charge is 0.392 e. The number of carbonyl (C=O) groups excluding carboxylic acids is 1. The maximum atomic E-state index is 10.2. The second-order valence-electron chi connectivity index (χ2n) is 2.32. The fraction of sp³-hybridized carbons (Fsp3) is 0.375. The smallest absolute Gasteiger partial charge is 0.149 e. The SMILES string of the molecule is O=CC1=CCCC(CO)=C1. The summed E-state index contributed by atoms with van der Waals surface area (Å²) < 4.78 is 0. The van der Waals surface area contributed by atoms with E-state index in [2.05, 4.69) is 0 Å². The van der Waals surface area contributed by atoms with Crippen molar-refractivity contribution in [3.63, 3.8) is 0 Å². The predicted octanol–water partition coefficient (Wildman–Crippen LogP) is 0.824. The first-order valence-corrected chi connectivity index (χ1v) is 3.32. The number of hydrogen-bond acceptors (Lipinski definition) is 2. The highest BCUT2D eigenvalue weighted by atomic mass is 16.3. The lowest BCUT2D eigenvalue weighted by Gasteiger charge is -2.06. The molecule has 0 aromatic rings. The third-order valence-corrected chi connectivity index (χ3v) is 1.56. The molecule has 0 aliphatic heterocycles. The zero-order chi connectivity index (χ0) is 7.40. The van der Waals surface area contributed by atoms with Crippen LogP contribution in [0.3, 0.4) is 0 Å². The molecule has 0 heterocycles. The van der Waals surface area contributed by atoms with E-state index in [1.165, 1.54) is 0 Å². The molecule has 0 amide bonds. The van der Waals surface area contributed by atoms with Crippen molar-refractivity contribution in [3.8, 4) is 0 Å². The third-order valence-electron chi connectivity index (χ3n) is 1.56. The zero-order valence-corrected chi connectivity index (χ0v) is 5.71. The molecule has 0 aromatic carbocycles. The van der Waals surface area contributed by atoms with Gasteiger partial charge in [0.2, 0.25) is 0 Å². The van der Waals surface area contributed by atoms with Crippen molar-refractivity contribution >= 4 is 6.29 Å². The van der Waals surface area contributed by atoms with Crippen molar-refractivity contribution in [2.75, 3.05) is 6.61 Å². The lowest BCUT2D eigenvalue weighted by atomic mass is 10.0. The molecule has 0 atom stereocenters. The summed E-state index contributed by atoms with van der Waals surface area (Å²) in [5, 5.41) is 8.69. The Morgan fingerprint density at radius 2 is 2.50 bits per heavy atom. The maximum absolute atomic E-state index is 10.2. The molecular formula is C8H10O2. The molecule has 0 saturated carbocycles. The van der Waals surface area contributed by atoms with Gasteiger partial charge in [0.05, 0.1) is 6.61 Å². The summed E-state index contributed by atoms with van der Waals surface area (Å²) in [6.07, 6.45) is 6.20. The van der Waals surface area contributed by atoms with E-state index < -0.39 is 0 Å². The first-order valence-electron chi connectivity index (χ1n) is 3.32. The van der Waals surface area contributed by atoms with Gasteiger partial charge in [-0.05, 0) is 18.4 Å². The highest BCUT2D eigenvalue weighted by Gasteiger charge is 2.02. The quantitative estimate of drug-likeness (QED) is 0.574. The summed E-state index contributed by atoms with van der Waals surface area (Å²) >= 11 is 0. The fourth-order valence-corrected chi connectivity index (χ4v) is 0.998. The van der Waals surface area contributed by atoms with Crippen LogP contribution in [0.5, 0.6) is 0 Å². The molecule has 0 saturated heterocycles. The number of aliphatic hydroxyl groups excluding tert-OH is 1. The highest BCUT2D eigenvalue weighted by molar-refractivity contribution is 5.78. The Hall–Kier alpha value is -0.890. The normalized spacial score (nSPS) is 17.7. The van der Waals surface area contributed by atoms with E-state index in [0.29, 0.717) is 5.57 Å². The molecule has 54 valence electrons. The van der Waals surface area contributed by atoms with Gasteiger partial charge < -0.3 is 5.11 Å². The van der Waals surface area contributed by atoms with Crippen LogP contribution in [0.2, 0.25) is 0 Å². The molecule has 0 radical (unpaired) electrons. The molecule has 1 rings (SSSR count). The van der Waals surface area contributed by atoms with E-state index in [4.69, 9.17) is 5.11 Å². The van der Waals surface area contributed by atoms with Crippen LogP contribution in [-0.2, 0) is 4.79 Å². The van der Waals surface area contributed by atoms with E-state index in [1.807, 2.05) is 6.08 Å². The van der Waals surface area contributed by atoms with Crippen LogP contribution in [0.4, 0.5) is 0 Å². The van der Waals surface area contributed by atoms with Crippen molar-refractivity contribution in [1.82, 2.24) is 0 Å². The van der Waals surface area contributed by atoms with Gasteiger partial charge in [-0.15, -0.1) is 0 Å². The molecule has 1 N–H and O–H groups in total. The van der Waals surface area contributed by atoms with E-state index >= 15 is 0 Å². The monoisotopic (exact) mass is 138 g/mol. The van der Waals surface area contributed by atoms with Crippen LogP contribution in [0.25, 0.3) is 0 Å². The Kier molecular flexibility index (Phi) is 2.40. The minimum Gasteiger partial charge on any atom is -0.392 e. The Morgan fingerprint density at radius 1 is 1.70 bits per heavy atom. The number of rotatable bonds is 2.